The van der Waals surface area contributed by atoms with E-state index in [1.54, 1.807) is 19.1 Å². The Kier molecular flexibility index (Phi) is 4.87. The minimum absolute atomic E-state index is 0.137. The number of carbonyl (C=O) groups excluding carboxylic acids is 1. The van der Waals surface area contributed by atoms with Crippen molar-refractivity contribution in [3.63, 3.8) is 0 Å². The summed E-state index contributed by atoms with van der Waals surface area (Å²) in [5.41, 5.74) is 0.137. The summed E-state index contributed by atoms with van der Waals surface area (Å²) in [6.07, 6.45) is -6.27. The first-order chi connectivity index (χ1) is 10.3. The van der Waals surface area contributed by atoms with Gasteiger partial charge in [0, 0.05) is 11.4 Å². The molecule has 22 heavy (non-hydrogen) atoms. The Labute approximate surface area is 127 Å². The van der Waals surface area contributed by atoms with Gasteiger partial charge in [-0.15, -0.1) is 11.3 Å². The van der Waals surface area contributed by atoms with Gasteiger partial charge in [-0.25, -0.2) is 4.98 Å². The van der Waals surface area contributed by atoms with Crippen LogP contribution in [0.5, 0.6) is 0 Å². The Balaban J connectivity index is 1.96. The predicted molar refractivity (Wildman–Crippen MR) is 73.6 cm³/mol. The third-order valence-corrected chi connectivity index (χ3v) is 3.81. The van der Waals surface area contributed by atoms with Crippen LogP contribution in [-0.4, -0.2) is 34.8 Å². The molecule has 0 saturated heterocycles. The number of aliphatic hydroxyl groups is 1. The zero-order chi connectivity index (χ0) is 16.3. The van der Waals surface area contributed by atoms with Crippen molar-refractivity contribution in [3.8, 4) is 10.8 Å². The van der Waals surface area contributed by atoms with Crippen LogP contribution in [0.4, 0.5) is 13.2 Å². The predicted octanol–water partition coefficient (Wildman–Crippen LogP) is 2.75. The number of thiazole rings is 1. The lowest BCUT2D eigenvalue weighted by Gasteiger charge is -2.14. The molecule has 1 atom stereocenters. The number of nitrogens with one attached hydrogen (secondary N) is 1. The number of carbonyl (C=O) groups is 1. The number of aryl methyl sites for hydroxylation is 1. The Bertz CT molecular complexity index is 637. The summed E-state index contributed by atoms with van der Waals surface area (Å²) < 4.78 is 41.6. The van der Waals surface area contributed by atoms with E-state index in [2.05, 4.69) is 10.3 Å². The number of hydrogen-bond acceptors (Lipinski definition) is 5. The number of hydrogen-bond donors (Lipinski definition) is 2. The largest absolute Gasteiger partial charge is 0.462 e. The van der Waals surface area contributed by atoms with Gasteiger partial charge in [0.25, 0.3) is 5.91 Å². The molecule has 2 aromatic heterocycles. The molecule has 9 heteroatoms. The highest BCUT2D eigenvalue weighted by Gasteiger charge is 2.37. The molecule has 2 aromatic rings. The molecular formula is C13H13F3N2O3S. The van der Waals surface area contributed by atoms with E-state index >= 15 is 0 Å². The monoisotopic (exact) mass is 334 g/mol. The van der Waals surface area contributed by atoms with E-state index in [9.17, 15) is 18.0 Å². The number of halogens is 3. The normalized spacial score (nSPS) is 13.1. The number of amides is 1. The second-order valence-electron chi connectivity index (χ2n) is 4.50. The fourth-order valence-electron chi connectivity index (χ4n) is 1.68. The van der Waals surface area contributed by atoms with Gasteiger partial charge in [-0.2, -0.15) is 13.2 Å². The summed E-state index contributed by atoms with van der Waals surface area (Å²) in [6.45, 7) is 1.39. The topological polar surface area (TPSA) is 75.4 Å². The minimum atomic E-state index is -4.69. The van der Waals surface area contributed by atoms with Crippen LogP contribution in [-0.2, 0) is 0 Å². The van der Waals surface area contributed by atoms with Gasteiger partial charge < -0.3 is 14.8 Å². The van der Waals surface area contributed by atoms with Crippen molar-refractivity contribution in [1.82, 2.24) is 10.3 Å². The summed E-state index contributed by atoms with van der Waals surface area (Å²) in [5, 5.41) is 11.7. The smallest absolute Gasteiger partial charge is 0.414 e. The summed E-state index contributed by atoms with van der Waals surface area (Å²) in [5.74, 6) is -0.0689. The summed E-state index contributed by atoms with van der Waals surface area (Å²) in [4.78, 5) is 16.7. The van der Waals surface area contributed by atoms with Crippen molar-refractivity contribution < 1.29 is 27.5 Å². The van der Waals surface area contributed by atoms with Crippen molar-refractivity contribution in [3.05, 3.63) is 29.0 Å². The van der Waals surface area contributed by atoms with Crippen LogP contribution in [0.15, 0.2) is 22.8 Å². The van der Waals surface area contributed by atoms with E-state index < -0.39 is 24.6 Å². The van der Waals surface area contributed by atoms with Crippen LogP contribution in [0, 0.1) is 6.92 Å². The summed E-state index contributed by atoms with van der Waals surface area (Å²) >= 11 is 1.25. The van der Waals surface area contributed by atoms with E-state index in [1.165, 1.54) is 17.6 Å². The third-order valence-electron chi connectivity index (χ3n) is 2.82. The molecule has 0 unspecified atom stereocenters. The first-order valence-electron chi connectivity index (χ1n) is 6.33. The SMILES string of the molecule is Cc1sc(-c2ccco2)nc1C(=O)NCC[C@H](O)C(F)(F)F. The van der Waals surface area contributed by atoms with Crippen molar-refractivity contribution in [2.45, 2.75) is 25.6 Å². The van der Waals surface area contributed by atoms with Crippen molar-refractivity contribution in [1.29, 1.82) is 0 Å². The van der Waals surface area contributed by atoms with Crippen LogP contribution < -0.4 is 5.32 Å². The van der Waals surface area contributed by atoms with Crippen molar-refractivity contribution >= 4 is 17.2 Å². The van der Waals surface area contributed by atoms with E-state index in [-0.39, 0.29) is 12.2 Å². The average Bonchev–Trinajstić information content (AvgIpc) is 3.06. The number of aliphatic hydroxyl groups excluding tert-OH is 1. The number of alkyl halides is 3. The van der Waals surface area contributed by atoms with Crippen molar-refractivity contribution in [2.75, 3.05) is 6.54 Å². The molecule has 0 bridgehead atoms. The average molecular weight is 334 g/mol. The molecule has 0 saturated carbocycles. The summed E-state index contributed by atoms with van der Waals surface area (Å²) in [6, 6.07) is 3.38. The third kappa shape index (κ3) is 3.86. The molecule has 0 spiro atoms. The first kappa shape index (κ1) is 16.5. The maximum Gasteiger partial charge on any atom is 0.414 e. The lowest BCUT2D eigenvalue weighted by Crippen LogP contribution is -2.34. The molecule has 0 fully saturated rings. The van der Waals surface area contributed by atoms with Crippen LogP contribution in [0.25, 0.3) is 10.8 Å². The van der Waals surface area contributed by atoms with Gasteiger partial charge in [-0.1, -0.05) is 0 Å². The van der Waals surface area contributed by atoms with E-state index in [4.69, 9.17) is 9.52 Å². The maximum absolute atomic E-state index is 12.1. The summed E-state index contributed by atoms with van der Waals surface area (Å²) in [7, 11) is 0. The number of rotatable bonds is 5. The molecule has 5 nitrogen and oxygen atoms in total. The zero-order valence-corrected chi connectivity index (χ0v) is 12.3. The second kappa shape index (κ2) is 6.49. The minimum Gasteiger partial charge on any atom is -0.462 e. The maximum atomic E-state index is 12.1. The van der Waals surface area contributed by atoms with Crippen LogP contribution in [0.2, 0.25) is 0 Å². The molecule has 2 N–H and O–H groups in total. The van der Waals surface area contributed by atoms with Crippen molar-refractivity contribution in [2.24, 2.45) is 0 Å². The highest BCUT2D eigenvalue weighted by atomic mass is 32.1. The van der Waals surface area contributed by atoms with Crippen LogP contribution >= 0.6 is 11.3 Å². The van der Waals surface area contributed by atoms with Crippen LogP contribution in [0.3, 0.4) is 0 Å². The van der Waals surface area contributed by atoms with Crippen LogP contribution in [0.1, 0.15) is 21.8 Å². The lowest BCUT2D eigenvalue weighted by atomic mass is 10.2. The number of aromatic nitrogens is 1. The van der Waals surface area contributed by atoms with Gasteiger partial charge in [0.2, 0.25) is 0 Å². The van der Waals surface area contributed by atoms with Gasteiger partial charge in [-0.3, -0.25) is 4.79 Å². The molecule has 2 heterocycles. The number of furan rings is 1. The Morgan fingerprint density at radius 1 is 1.55 bits per heavy atom. The van der Waals surface area contributed by atoms with E-state index in [0.717, 1.165) is 0 Å². The highest BCUT2D eigenvalue weighted by molar-refractivity contribution is 7.15. The molecule has 0 aromatic carbocycles. The zero-order valence-electron chi connectivity index (χ0n) is 11.5. The lowest BCUT2D eigenvalue weighted by molar-refractivity contribution is -0.204. The first-order valence-corrected chi connectivity index (χ1v) is 7.15. The Morgan fingerprint density at radius 2 is 2.27 bits per heavy atom. The fraction of sp³-hybridized carbons (Fsp3) is 0.385. The van der Waals surface area contributed by atoms with Gasteiger partial charge in [-0.05, 0) is 25.5 Å². The second-order valence-corrected chi connectivity index (χ2v) is 5.71. The molecule has 0 radical (unpaired) electrons. The van der Waals surface area contributed by atoms with Gasteiger partial charge in [0.15, 0.2) is 16.9 Å². The molecule has 0 aliphatic heterocycles. The quantitative estimate of drug-likeness (QED) is 0.882. The molecule has 0 aliphatic carbocycles. The van der Waals surface area contributed by atoms with Gasteiger partial charge in [0.05, 0.1) is 6.26 Å². The van der Waals surface area contributed by atoms with Gasteiger partial charge >= 0.3 is 6.18 Å². The van der Waals surface area contributed by atoms with E-state index in [0.29, 0.717) is 15.6 Å². The molecular weight excluding hydrogens is 321 g/mol. The van der Waals surface area contributed by atoms with E-state index in [1.807, 2.05) is 0 Å². The van der Waals surface area contributed by atoms with Gasteiger partial charge in [0.1, 0.15) is 5.69 Å². The molecule has 2 rings (SSSR count). The standard InChI is InChI=1S/C13H13F3N2O3S/c1-7-10(18-12(22-7)8-3-2-6-21-8)11(20)17-5-4-9(19)13(14,15)16/h2-3,6,9,19H,4-5H2,1H3,(H,17,20)/t9-/m0/s1. The molecule has 0 aliphatic rings. The Hall–Kier alpha value is -1.87. The highest BCUT2D eigenvalue weighted by Crippen LogP contribution is 2.28. The number of nitrogens with zero attached hydrogens (tertiary/aromatic N) is 1. The molecule has 1 amide bonds. The fourth-order valence-corrected chi connectivity index (χ4v) is 2.56. The molecule has 120 valence electrons. The Morgan fingerprint density at radius 3 is 2.86 bits per heavy atom.